The number of non-ortho nitro benzene ring substituents is 1. The third-order valence-corrected chi connectivity index (χ3v) is 8.82. The van der Waals surface area contributed by atoms with Crippen molar-refractivity contribution in [2.75, 3.05) is 61.9 Å². The van der Waals surface area contributed by atoms with Gasteiger partial charge in [0.15, 0.2) is 0 Å². The van der Waals surface area contributed by atoms with E-state index in [2.05, 4.69) is 4.18 Å². The number of halogens is 4. The molecule has 40 heavy (non-hydrogen) atoms. The van der Waals surface area contributed by atoms with E-state index in [0.717, 1.165) is 21.1 Å². The molecule has 0 unspecified atom stereocenters. The lowest BCUT2D eigenvalue weighted by molar-refractivity contribution is -0.385. The van der Waals surface area contributed by atoms with Gasteiger partial charge in [-0.05, 0) is 24.6 Å². The summed E-state index contributed by atoms with van der Waals surface area (Å²) in [6, 6.07) is 7.78. The first-order chi connectivity index (χ1) is 18.5. The standard InChI is InChI=1S/C23H28ClF3N4O7S2/c1-3-7-29(12-13-38-39(2,34)35)22-20(23(25,26)27)15-19(31(32)33)16-21(22)40(36,37)30-10-8-28(9-11-30)18-6-4-5-17(24)14-18/h4-6,14-16H,3,7-13H2,1-2H3. The Balaban J connectivity index is 2.09. The lowest BCUT2D eigenvalue weighted by Crippen LogP contribution is -2.49. The zero-order chi connectivity index (χ0) is 29.9. The number of hydrogen-bond donors (Lipinski definition) is 0. The molecule has 0 bridgehead atoms. The smallest absolute Gasteiger partial charge is 0.369 e. The lowest BCUT2D eigenvalue weighted by atomic mass is 10.1. The van der Waals surface area contributed by atoms with E-state index in [1.165, 1.54) is 0 Å². The minimum Gasteiger partial charge on any atom is -0.369 e. The van der Waals surface area contributed by atoms with Crippen LogP contribution in [0, 0.1) is 10.1 Å². The topological polar surface area (TPSA) is 130 Å². The number of benzene rings is 2. The van der Waals surface area contributed by atoms with E-state index in [0.29, 0.717) is 11.1 Å². The minimum atomic E-state index is -5.17. The lowest BCUT2D eigenvalue weighted by Gasteiger charge is -2.36. The van der Waals surface area contributed by atoms with Gasteiger partial charge in [-0.3, -0.25) is 14.3 Å². The van der Waals surface area contributed by atoms with Crippen molar-refractivity contribution in [3.05, 3.63) is 57.1 Å². The molecule has 1 saturated heterocycles. The van der Waals surface area contributed by atoms with Crippen molar-refractivity contribution < 1.29 is 39.1 Å². The summed E-state index contributed by atoms with van der Waals surface area (Å²) in [6.45, 7) is 0.698. The van der Waals surface area contributed by atoms with Crippen LogP contribution in [0.2, 0.25) is 5.02 Å². The van der Waals surface area contributed by atoms with E-state index in [9.17, 15) is 40.1 Å². The van der Waals surface area contributed by atoms with Crippen LogP contribution in [-0.2, 0) is 30.5 Å². The largest absolute Gasteiger partial charge is 0.418 e. The second-order valence-corrected chi connectivity index (χ2v) is 13.0. The molecule has 1 aliphatic heterocycles. The van der Waals surface area contributed by atoms with Gasteiger partial charge in [0.05, 0.1) is 29.0 Å². The van der Waals surface area contributed by atoms with Crippen LogP contribution < -0.4 is 9.80 Å². The number of alkyl halides is 3. The molecule has 0 spiro atoms. The molecule has 0 atom stereocenters. The molecule has 0 saturated carbocycles. The number of anilines is 2. The average Bonchev–Trinajstić information content (AvgIpc) is 2.86. The summed E-state index contributed by atoms with van der Waals surface area (Å²) in [5.41, 5.74) is -2.63. The molecule has 222 valence electrons. The number of hydrogen-bond acceptors (Lipinski definition) is 9. The minimum absolute atomic E-state index is 0.108. The van der Waals surface area contributed by atoms with Gasteiger partial charge in [0.25, 0.3) is 15.8 Å². The molecule has 2 aromatic rings. The highest BCUT2D eigenvalue weighted by atomic mass is 35.5. The number of nitro benzene ring substituents is 1. The Morgan fingerprint density at radius 2 is 1.73 bits per heavy atom. The molecule has 1 heterocycles. The zero-order valence-electron chi connectivity index (χ0n) is 21.6. The van der Waals surface area contributed by atoms with Crippen molar-refractivity contribution in [2.24, 2.45) is 0 Å². The maximum Gasteiger partial charge on any atom is 0.418 e. The Labute approximate surface area is 235 Å². The van der Waals surface area contributed by atoms with Crippen molar-refractivity contribution in [3.63, 3.8) is 0 Å². The zero-order valence-corrected chi connectivity index (χ0v) is 24.0. The van der Waals surface area contributed by atoms with Gasteiger partial charge in [-0.25, -0.2) is 8.42 Å². The molecule has 0 aliphatic carbocycles. The average molecular weight is 629 g/mol. The Kier molecular flexibility index (Phi) is 9.93. The monoisotopic (exact) mass is 628 g/mol. The first-order valence-corrected chi connectivity index (χ1v) is 15.7. The van der Waals surface area contributed by atoms with Crippen LogP contribution in [-0.4, -0.2) is 78.2 Å². The summed E-state index contributed by atoms with van der Waals surface area (Å²) in [5, 5.41) is 12.0. The van der Waals surface area contributed by atoms with Crippen LogP contribution >= 0.6 is 11.6 Å². The van der Waals surface area contributed by atoms with Crippen LogP contribution in [0.15, 0.2) is 41.3 Å². The fourth-order valence-corrected chi connectivity index (χ4v) is 6.58. The number of sulfonamides is 1. The summed E-state index contributed by atoms with van der Waals surface area (Å²) in [4.78, 5) is 12.5. The third-order valence-electron chi connectivity index (χ3n) is 6.07. The van der Waals surface area contributed by atoms with Gasteiger partial charge in [0.2, 0.25) is 10.0 Å². The first kappa shape index (κ1) is 31.9. The quantitative estimate of drug-likeness (QED) is 0.206. The Morgan fingerprint density at radius 1 is 1.07 bits per heavy atom. The Morgan fingerprint density at radius 3 is 2.25 bits per heavy atom. The molecular weight excluding hydrogens is 601 g/mol. The third kappa shape index (κ3) is 7.75. The summed E-state index contributed by atoms with van der Waals surface area (Å²) < 4.78 is 99.1. The normalized spacial score (nSPS) is 15.3. The fourth-order valence-electron chi connectivity index (χ4n) is 4.34. The maximum atomic E-state index is 14.3. The van der Waals surface area contributed by atoms with Gasteiger partial charge in [0, 0.05) is 62.1 Å². The van der Waals surface area contributed by atoms with E-state index in [4.69, 9.17) is 11.6 Å². The molecular formula is C23H28ClF3N4O7S2. The molecule has 3 rings (SSSR count). The number of nitrogens with zero attached hydrogens (tertiary/aromatic N) is 4. The summed E-state index contributed by atoms with van der Waals surface area (Å²) in [5.74, 6) is 0. The van der Waals surface area contributed by atoms with Gasteiger partial charge < -0.3 is 9.80 Å². The molecule has 0 N–H and O–H groups in total. The predicted octanol–water partition coefficient (Wildman–Crippen LogP) is 3.97. The van der Waals surface area contributed by atoms with Crippen LogP contribution in [0.3, 0.4) is 0 Å². The van der Waals surface area contributed by atoms with Crippen molar-refractivity contribution in [1.29, 1.82) is 0 Å². The fraction of sp³-hybridized carbons (Fsp3) is 0.478. The van der Waals surface area contributed by atoms with Gasteiger partial charge in [-0.1, -0.05) is 24.6 Å². The molecule has 0 aromatic heterocycles. The molecule has 0 radical (unpaired) electrons. The van der Waals surface area contributed by atoms with E-state index < -0.39 is 66.2 Å². The second kappa shape index (κ2) is 12.5. The highest BCUT2D eigenvalue weighted by Gasteiger charge is 2.42. The molecule has 0 amide bonds. The van der Waals surface area contributed by atoms with Crippen molar-refractivity contribution in [2.45, 2.75) is 24.4 Å². The van der Waals surface area contributed by atoms with E-state index in [1.54, 1.807) is 31.2 Å². The molecule has 11 nitrogen and oxygen atoms in total. The van der Waals surface area contributed by atoms with Gasteiger partial charge in [-0.15, -0.1) is 0 Å². The first-order valence-electron chi connectivity index (χ1n) is 12.0. The molecule has 17 heteroatoms. The summed E-state index contributed by atoms with van der Waals surface area (Å²) >= 11 is 6.04. The molecule has 2 aromatic carbocycles. The molecule has 1 fully saturated rings. The van der Waals surface area contributed by atoms with E-state index in [1.807, 2.05) is 4.90 Å². The summed E-state index contributed by atoms with van der Waals surface area (Å²) in [7, 11) is -8.62. The van der Waals surface area contributed by atoms with Gasteiger partial charge in [0.1, 0.15) is 4.90 Å². The number of rotatable bonds is 11. The van der Waals surface area contributed by atoms with Gasteiger partial charge in [-0.2, -0.15) is 25.9 Å². The van der Waals surface area contributed by atoms with Crippen LogP contribution in [0.1, 0.15) is 18.9 Å². The predicted molar refractivity (Wildman–Crippen MR) is 144 cm³/mol. The number of nitro groups is 1. The van der Waals surface area contributed by atoms with E-state index in [-0.39, 0.29) is 45.2 Å². The molecule has 1 aliphatic rings. The van der Waals surface area contributed by atoms with Crippen LogP contribution in [0.5, 0.6) is 0 Å². The Bertz CT molecular complexity index is 1450. The van der Waals surface area contributed by atoms with E-state index >= 15 is 0 Å². The van der Waals surface area contributed by atoms with Crippen molar-refractivity contribution in [3.8, 4) is 0 Å². The SMILES string of the molecule is CCCN(CCOS(C)(=O)=O)c1c(C(F)(F)F)cc([N+](=O)[O-])cc1S(=O)(=O)N1CCN(c2cccc(Cl)c2)CC1. The van der Waals surface area contributed by atoms with Gasteiger partial charge >= 0.3 is 6.18 Å². The summed E-state index contributed by atoms with van der Waals surface area (Å²) in [6.07, 6.45) is -4.14. The Hall–Kier alpha value is -2.66. The maximum absolute atomic E-state index is 14.3. The van der Waals surface area contributed by atoms with Crippen molar-refractivity contribution in [1.82, 2.24) is 4.31 Å². The van der Waals surface area contributed by atoms with Crippen molar-refractivity contribution >= 4 is 48.8 Å². The highest BCUT2D eigenvalue weighted by Crippen LogP contribution is 2.44. The number of piperazine rings is 1. The van der Waals surface area contributed by atoms with Crippen LogP contribution in [0.4, 0.5) is 30.2 Å². The highest BCUT2D eigenvalue weighted by molar-refractivity contribution is 7.89. The van der Waals surface area contributed by atoms with Crippen LogP contribution in [0.25, 0.3) is 0 Å². The second-order valence-electron chi connectivity index (χ2n) is 8.98.